The Balaban J connectivity index is 1.89. The molecular weight excluding hydrogens is 278 g/mol. The molecule has 1 amide bonds. The number of aliphatic hydroxyl groups excluding tert-OH is 1. The van der Waals surface area contributed by atoms with Crippen LogP contribution in [0.15, 0.2) is 34.3 Å². The van der Waals surface area contributed by atoms with Gasteiger partial charge in [-0.15, -0.1) is 0 Å². The summed E-state index contributed by atoms with van der Waals surface area (Å²) in [7, 11) is 0. The van der Waals surface area contributed by atoms with Crippen molar-refractivity contribution in [3.8, 4) is 0 Å². The van der Waals surface area contributed by atoms with Gasteiger partial charge in [0.25, 0.3) is 5.91 Å². The molecule has 1 aliphatic heterocycles. The lowest BCUT2D eigenvalue weighted by molar-refractivity contribution is -0.123. The molecule has 0 aliphatic carbocycles. The van der Waals surface area contributed by atoms with E-state index in [1.165, 1.54) is 17.8 Å². The average molecular weight is 289 g/mol. The summed E-state index contributed by atoms with van der Waals surface area (Å²) in [6.45, 7) is 0. The number of rotatable bonds is 2. The van der Waals surface area contributed by atoms with Gasteiger partial charge in [-0.2, -0.15) is 0 Å². The minimum absolute atomic E-state index is 0.296. The van der Waals surface area contributed by atoms with Crippen LogP contribution >= 0.6 is 11.8 Å². The highest BCUT2D eigenvalue weighted by Gasteiger charge is 2.28. The Labute approximate surface area is 118 Å². The maximum Gasteiger partial charge on any atom is 0.257 e. The first-order valence-corrected chi connectivity index (χ1v) is 6.55. The lowest BCUT2D eigenvalue weighted by atomic mass is 10.1. The Hall–Kier alpha value is -2.32. The Morgan fingerprint density at radius 2 is 1.90 bits per heavy atom. The van der Waals surface area contributed by atoms with Crippen LogP contribution in [-0.4, -0.2) is 21.0 Å². The molecule has 0 saturated heterocycles. The molecule has 3 rings (SSSR count). The largest absolute Gasteiger partial charge is 0.383 e. The molecule has 2 aromatic rings. The number of nitrogen functional groups attached to an aromatic ring is 2. The zero-order valence-corrected chi connectivity index (χ0v) is 11.0. The number of nitrogens with zero attached hydrogens (tertiary/aromatic N) is 2. The smallest absolute Gasteiger partial charge is 0.257 e. The molecule has 1 aromatic heterocycles. The van der Waals surface area contributed by atoms with Crippen LogP contribution in [-0.2, 0) is 4.79 Å². The van der Waals surface area contributed by atoms with Gasteiger partial charge in [0.05, 0.1) is 0 Å². The van der Waals surface area contributed by atoms with E-state index in [0.29, 0.717) is 28.0 Å². The topological polar surface area (TPSA) is 127 Å². The van der Waals surface area contributed by atoms with Crippen molar-refractivity contribution < 1.29 is 9.90 Å². The van der Waals surface area contributed by atoms with Crippen LogP contribution in [0.2, 0.25) is 0 Å². The van der Waals surface area contributed by atoms with Crippen molar-refractivity contribution in [2.24, 2.45) is 0 Å². The summed E-state index contributed by atoms with van der Waals surface area (Å²) >= 11 is 1.27. The Morgan fingerprint density at radius 3 is 2.60 bits per heavy atom. The van der Waals surface area contributed by atoms with Gasteiger partial charge in [0.2, 0.25) is 0 Å². The number of hydrogen-bond acceptors (Lipinski definition) is 7. The minimum atomic E-state index is -1.11. The average Bonchev–Trinajstić information content (AvgIpc) is 2.63. The van der Waals surface area contributed by atoms with Crippen LogP contribution in [0.1, 0.15) is 11.7 Å². The fourth-order valence-corrected chi connectivity index (χ4v) is 2.73. The molecule has 8 heteroatoms. The number of amides is 1. The fourth-order valence-electron chi connectivity index (χ4n) is 1.90. The minimum Gasteiger partial charge on any atom is -0.383 e. The van der Waals surface area contributed by atoms with E-state index >= 15 is 0 Å². The van der Waals surface area contributed by atoms with Gasteiger partial charge in [-0.05, 0) is 23.9 Å². The number of anilines is 3. The standard InChI is InChI=1S/C12H11N5O2S/c13-8-4-9(14)17-12(16-8)20-5-1-2-6-7(3-5)15-11(19)10(6)18/h1-4,10,18H,(H,15,19)(H4,13,14,16,17). The number of aliphatic hydroxyl groups is 1. The maximum atomic E-state index is 11.4. The first-order chi connectivity index (χ1) is 9.52. The number of nitrogens with two attached hydrogens (primary N) is 2. The second-order valence-electron chi connectivity index (χ2n) is 4.24. The molecule has 0 fully saturated rings. The predicted octanol–water partition coefficient (Wildman–Crippen LogP) is 0.778. The number of fused-ring (bicyclic) bond motifs is 1. The Kier molecular flexibility index (Phi) is 2.96. The molecule has 1 aliphatic rings. The maximum absolute atomic E-state index is 11.4. The number of carbonyl (C=O) groups excluding carboxylic acids is 1. The fraction of sp³-hybridized carbons (Fsp3) is 0.0833. The number of nitrogens with one attached hydrogen (secondary N) is 1. The molecular formula is C12H11N5O2S. The summed E-state index contributed by atoms with van der Waals surface area (Å²) in [5, 5.41) is 12.7. The SMILES string of the molecule is Nc1cc(N)nc(Sc2ccc3c(c2)NC(=O)C3O)n1. The summed E-state index contributed by atoms with van der Waals surface area (Å²) in [6.07, 6.45) is -1.11. The van der Waals surface area contributed by atoms with Crippen molar-refractivity contribution in [3.63, 3.8) is 0 Å². The predicted molar refractivity (Wildman–Crippen MR) is 75.0 cm³/mol. The van der Waals surface area contributed by atoms with E-state index in [4.69, 9.17) is 11.5 Å². The lowest BCUT2D eigenvalue weighted by Gasteiger charge is -2.05. The number of benzene rings is 1. The Morgan fingerprint density at radius 1 is 1.20 bits per heavy atom. The van der Waals surface area contributed by atoms with Gasteiger partial charge in [-0.3, -0.25) is 4.79 Å². The highest BCUT2D eigenvalue weighted by atomic mass is 32.2. The molecule has 0 spiro atoms. The van der Waals surface area contributed by atoms with E-state index in [2.05, 4.69) is 15.3 Å². The van der Waals surface area contributed by atoms with Gasteiger partial charge in [-0.25, -0.2) is 9.97 Å². The molecule has 1 unspecified atom stereocenters. The third kappa shape index (κ3) is 2.26. The van der Waals surface area contributed by atoms with E-state index in [9.17, 15) is 9.90 Å². The van der Waals surface area contributed by atoms with Gasteiger partial charge >= 0.3 is 0 Å². The van der Waals surface area contributed by atoms with Crippen molar-refractivity contribution in [2.75, 3.05) is 16.8 Å². The molecule has 0 bridgehead atoms. The quantitative estimate of drug-likeness (QED) is 0.601. The second kappa shape index (κ2) is 4.66. The van der Waals surface area contributed by atoms with Gasteiger partial charge in [-0.1, -0.05) is 6.07 Å². The Bertz CT molecular complexity index is 686. The third-order valence-corrected chi connectivity index (χ3v) is 3.63. The van der Waals surface area contributed by atoms with E-state index in [1.807, 2.05) is 0 Å². The second-order valence-corrected chi connectivity index (χ2v) is 5.28. The summed E-state index contributed by atoms with van der Waals surface area (Å²) in [5.74, 6) is 0.168. The molecule has 0 saturated carbocycles. The van der Waals surface area contributed by atoms with Gasteiger partial charge in [0, 0.05) is 22.2 Å². The van der Waals surface area contributed by atoms with Crippen LogP contribution in [0.5, 0.6) is 0 Å². The van der Waals surface area contributed by atoms with Crippen molar-refractivity contribution in [3.05, 3.63) is 29.8 Å². The van der Waals surface area contributed by atoms with E-state index in [0.717, 1.165) is 4.90 Å². The zero-order valence-electron chi connectivity index (χ0n) is 10.2. The summed E-state index contributed by atoms with van der Waals surface area (Å²) in [5.41, 5.74) is 12.4. The molecule has 20 heavy (non-hydrogen) atoms. The molecule has 6 N–H and O–H groups in total. The van der Waals surface area contributed by atoms with Crippen LogP contribution in [0, 0.1) is 0 Å². The first-order valence-electron chi connectivity index (χ1n) is 5.74. The highest BCUT2D eigenvalue weighted by Crippen LogP contribution is 2.35. The summed E-state index contributed by atoms with van der Waals surface area (Å²) in [6, 6.07) is 6.69. The van der Waals surface area contributed by atoms with E-state index < -0.39 is 12.0 Å². The molecule has 7 nitrogen and oxygen atoms in total. The van der Waals surface area contributed by atoms with E-state index in [-0.39, 0.29) is 0 Å². The molecule has 102 valence electrons. The van der Waals surface area contributed by atoms with Crippen LogP contribution in [0.4, 0.5) is 17.3 Å². The van der Waals surface area contributed by atoms with Crippen LogP contribution in [0.3, 0.4) is 0 Å². The van der Waals surface area contributed by atoms with Gasteiger partial charge < -0.3 is 21.9 Å². The summed E-state index contributed by atoms with van der Waals surface area (Å²) < 4.78 is 0. The first kappa shape index (κ1) is 12.7. The monoisotopic (exact) mass is 289 g/mol. The molecule has 1 aromatic carbocycles. The zero-order chi connectivity index (χ0) is 14.3. The normalized spacial score (nSPS) is 16.9. The van der Waals surface area contributed by atoms with Crippen molar-refractivity contribution >= 4 is 35.0 Å². The van der Waals surface area contributed by atoms with Gasteiger partial charge in [0.15, 0.2) is 11.3 Å². The highest BCUT2D eigenvalue weighted by molar-refractivity contribution is 7.99. The number of hydrogen-bond donors (Lipinski definition) is 4. The molecule has 2 heterocycles. The van der Waals surface area contributed by atoms with E-state index in [1.54, 1.807) is 18.2 Å². The van der Waals surface area contributed by atoms with Crippen molar-refractivity contribution in [2.45, 2.75) is 16.2 Å². The molecule has 1 atom stereocenters. The van der Waals surface area contributed by atoms with Crippen LogP contribution < -0.4 is 16.8 Å². The third-order valence-electron chi connectivity index (χ3n) is 2.78. The van der Waals surface area contributed by atoms with Crippen molar-refractivity contribution in [1.82, 2.24) is 9.97 Å². The summed E-state index contributed by atoms with van der Waals surface area (Å²) in [4.78, 5) is 20.3. The van der Waals surface area contributed by atoms with Crippen molar-refractivity contribution in [1.29, 1.82) is 0 Å². The number of carbonyl (C=O) groups is 1. The lowest BCUT2D eigenvalue weighted by Crippen LogP contribution is -2.10. The van der Waals surface area contributed by atoms with Crippen LogP contribution in [0.25, 0.3) is 0 Å². The number of aromatic nitrogens is 2. The van der Waals surface area contributed by atoms with Gasteiger partial charge in [0.1, 0.15) is 11.6 Å². The molecule has 0 radical (unpaired) electrons.